The molecule has 130 valence electrons. The molecular weight excluding hydrogens is 304 g/mol. The van der Waals surface area contributed by atoms with Crippen LogP contribution in [0.2, 0.25) is 0 Å². The first-order valence-electron chi connectivity index (χ1n) is 7.87. The molecule has 0 radical (unpaired) electrons. The number of hydrogen-bond acceptors (Lipinski definition) is 6. The van der Waals surface area contributed by atoms with E-state index >= 15 is 0 Å². The number of carbonyl (C=O) groups is 4. The number of hydrogen-bond donors (Lipinski definition) is 1. The minimum atomic E-state index is -1.03. The second-order valence-electron chi connectivity index (χ2n) is 5.88. The molecule has 0 aromatic heterocycles. The van der Waals surface area contributed by atoms with Crippen molar-refractivity contribution >= 4 is 23.7 Å². The van der Waals surface area contributed by atoms with Crippen LogP contribution >= 0.6 is 0 Å². The normalized spacial score (nSPS) is 25.5. The van der Waals surface area contributed by atoms with E-state index in [0.29, 0.717) is 12.8 Å². The third-order valence-electron chi connectivity index (χ3n) is 4.13. The lowest BCUT2D eigenvalue weighted by Crippen LogP contribution is -2.45. The Morgan fingerprint density at radius 1 is 1.30 bits per heavy atom. The number of esters is 2. The van der Waals surface area contributed by atoms with Crippen molar-refractivity contribution in [2.45, 2.75) is 52.6 Å². The Morgan fingerprint density at radius 3 is 2.48 bits per heavy atom. The molecule has 1 saturated carbocycles. The van der Waals surface area contributed by atoms with Crippen LogP contribution < -0.4 is 0 Å². The highest BCUT2D eigenvalue weighted by atomic mass is 16.5. The number of aliphatic carboxylic acids is 1. The van der Waals surface area contributed by atoms with Crippen molar-refractivity contribution in [3.05, 3.63) is 0 Å². The zero-order valence-electron chi connectivity index (χ0n) is 13.7. The smallest absolute Gasteiger partial charge is 0.309 e. The molecule has 1 rings (SSSR count). The van der Waals surface area contributed by atoms with Gasteiger partial charge in [0, 0.05) is 25.2 Å². The van der Waals surface area contributed by atoms with Crippen LogP contribution in [0.5, 0.6) is 0 Å². The molecule has 4 atom stereocenters. The van der Waals surface area contributed by atoms with Gasteiger partial charge in [-0.3, -0.25) is 19.2 Å². The largest absolute Gasteiger partial charge is 0.481 e. The van der Waals surface area contributed by atoms with Gasteiger partial charge in [-0.05, 0) is 26.2 Å². The summed E-state index contributed by atoms with van der Waals surface area (Å²) in [5.41, 5.74) is 0. The van der Waals surface area contributed by atoms with Gasteiger partial charge >= 0.3 is 17.9 Å². The van der Waals surface area contributed by atoms with Crippen LogP contribution in [-0.2, 0) is 28.7 Å². The summed E-state index contributed by atoms with van der Waals surface area (Å²) >= 11 is 0. The Labute approximate surface area is 135 Å². The maximum Gasteiger partial charge on any atom is 0.309 e. The molecule has 1 fully saturated rings. The molecule has 0 aromatic rings. The molecule has 0 heterocycles. The number of carboxylic acids is 1. The van der Waals surface area contributed by atoms with Gasteiger partial charge in [-0.1, -0.05) is 6.92 Å². The second-order valence-corrected chi connectivity index (χ2v) is 5.88. The molecule has 0 bridgehead atoms. The van der Waals surface area contributed by atoms with Crippen molar-refractivity contribution in [1.82, 2.24) is 0 Å². The molecule has 0 spiro atoms. The Bertz CT molecular complexity index is 471. The predicted octanol–water partition coefficient (Wildman–Crippen LogP) is 1.58. The van der Waals surface area contributed by atoms with E-state index in [1.54, 1.807) is 6.92 Å². The highest BCUT2D eigenvalue weighted by Gasteiger charge is 2.44. The first kappa shape index (κ1) is 19.1. The van der Waals surface area contributed by atoms with Crippen molar-refractivity contribution in [1.29, 1.82) is 0 Å². The van der Waals surface area contributed by atoms with E-state index in [2.05, 4.69) is 0 Å². The molecule has 0 aromatic carbocycles. The highest BCUT2D eigenvalue weighted by molar-refractivity contribution is 5.92. The second kappa shape index (κ2) is 8.64. The number of rotatable bonds is 7. The average Bonchev–Trinajstić information content (AvgIpc) is 2.45. The fourth-order valence-electron chi connectivity index (χ4n) is 2.99. The van der Waals surface area contributed by atoms with E-state index < -0.39 is 35.8 Å². The lowest BCUT2D eigenvalue weighted by atomic mass is 9.72. The molecule has 4 unspecified atom stereocenters. The molecule has 0 amide bonds. The molecule has 0 aliphatic heterocycles. The SMILES string of the molecule is CCOC(=O)C(CCC(=O)O)C1CCC(C)C(OC(C)=O)C1=O. The number of carboxylic acid groups (broad SMARTS) is 1. The van der Waals surface area contributed by atoms with Gasteiger partial charge in [0.2, 0.25) is 0 Å². The third-order valence-corrected chi connectivity index (χ3v) is 4.13. The lowest BCUT2D eigenvalue weighted by molar-refractivity contribution is -0.165. The topological polar surface area (TPSA) is 107 Å². The summed E-state index contributed by atoms with van der Waals surface area (Å²) in [7, 11) is 0. The third kappa shape index (κ3) is 5.33. The molecule has 7 nitrogen and oxygen atoms in total. The Kier molecular flexibility index (Phi) is 7.19. The fourth-order valence-corrected chi connectivity index (χ4v) is 2.99. The minimum Gasteiger partial charge on any atom is -0.481 e. The van der Waals surface area contributed by atoms with Gasteiger partial charge in [-0.2, -0.15) is 0 Å². The van der Waals surface area contributed by atoms with Crippen molar-refractivity contribution in [2.24, 2.45) is 17.8 Å². The van der Waals surface area contributed by atoms with Crippen molar-refractivity contribution in [2.75, 3.05) is 6.61 Å². The van der Waals surface area contributed by atoms with Gasteiger partial charge in [-0.15, -0.1) is 0 Å². The van der Waals surface area contributed by atoms with Gasteiger partial charge in [-0.25, -0.2) is 0 Å². The fraction of sp³-hybridized carbons (Fsp3) is 0.750. The quantitative estimate of drug-likeness (QED) is 0.707. The first-order valence-corrected chi connectivity index (χ1v) is 7.87. The van der Waals surface area contributed by atoms with Gasteiger partial charge in [0.1, 0.15) is 0 Å². The van der Waals surface area contributed by atoms with E-state index in [4.69, 9.17) is 14.6 Å². The molecule has 1 aliphatic rings. The van der Waals surface area contributed by atoms with Crippen molar-refractivity contribution < 1.29 is 33.8 Å². The van der Waals surface area contributed by atoms with Crippen molar-refractivity contribution in [3.63, 3.8) is 0 Å². The zero-order valence-corrected chi connectivity index (χ0v) is 13.7. The molecule has 23 heavy (non-hydrogen) atoms. The molecule has 0 saturated heterocycles. The van der Waals surface area contributed by atoms with Gasteiger partial charge in [0.25, 0.3) is 0 Å². The van der Waals surface area contributed by atoms with Crippen LogP contribution in [0.3, 0.4) is 0 Å². The van der Waals surface area contributed by atoms with Gasteiger partial charge in [0.05, 0.1) is 12.5 Å². The van der Waals surface area contributed by atoms with Crippen LogP contribution in [-0.4, -0.2) is 41.5 Å². The van der Waals surface area contributed by atoms with Gasteiger partial charge < -0.3 is 14.6 Å². The van der Waals surface area contributed by atoms with Crippen molar-refractivity contribution in [3.8, 4) is 0 Å². The number of Topliss-reactive ketones (excluding diaryl/α,β-unsaturated/α-hetero) is 1. The standard InChI is InChI=1S/C16H24O7/c1-4-22-16(21)12(7-8-13(18)19)11-6-5-9(2)15(14(11)20)23-10(3)17/h9,11-12,15H,4-8H2,1-3H3,(H,18,19). The summed E-state index contributed by atoms with van der Waals surface area (Å²) in [5.74, 6) is -4.07. The number of ether oxygens (including phenoxy) is 2. The summed E-state index contributed by atoms with van der Waals surface area (Å²) in [6, 6.07) is 0. The summed E-state index contributed by atoms with van der Waals surface area (Å²) < 4.78 is 10.1. The van der Waals surface area contributed by atoms with E-state index in [9.17, 15) is 19.2 Å². The Balaban J connectivity index is 2.94. The predicted molar refractivity (Wildman–Crippen MR) is 79.4 cm³/mol. The van der Waals surface area contributed by atoms with Gasteiger partial charge in [0.15, 0.2) is 11.9 Å². The first-order chi connectivity index (χ1) is 10.8. The molecular formula is C16H24O7. The highest BCUT2D eigenvalue weighted by Crippen LogP contribution is 2.35. The van der Waals surface area contributed by atoms with Crippen LogP contribution in [0.4, 0.5) is 0 Å². The van der Waals surface area contributed by atoms with Crippen LogP contribution in [0.25, 0.3) is 0 Å². The molecule has 1 N–H and O–H groups in total. The number of ketones is 1. The Morgan fingerprint density at radius 2 is 1.96 bits per heavy atom. The molecule has 1 aliphatic carbocycles. The van der Waals surface area contributed by atoms with Crippen LogP contribution in [0.15, 0.2) is 0 Å². The van der Waals surface area contributed by atoms with Crippen LogP contribution in [0, 0.1) is 17.8 Å². The maximum atomic E-state index is 12.6. The van der Waals surface area contributed by atoms with E-state index in [1.807, 2.05) is 6.92 Å². The average molecular weight is 328 g/mol. The summed E-state index contributed by atoms with van der Waals surface area (Å²) in [5, 5.41) is 8.84. The maximum absolute atomic E-state index is 12.6. The lowest BCUT2D eigenvalue weighted by Gasteiger charge is -2.35. The minimum absolute atomic E-state index is 0.0335. The van der Waals surface area contributed by atoms with Crippen LogP contribution in [0.1, 0.15) is 46.5 Å². The summed E-state index contributed by atoms with van der Waals surface area (Å²) in [4.78, 5) is 46.8. The summed E-state index contributed by atoms with van der Waals surface area (Å²) in [6.45, 7) is 4.86. The molecule has 7 heteroatoms. The number of carbonyl (C=O) groups excluding carboxylic acids is 3. The van der Waals surface area contributed by atoms with E-state index in [0.717, 1.165) is 0 Å². The zero-order chi connectivity index (χ0) is 17.6. The van der Waals surface area contributed by atoms with E-state index in [-0.39, 0.29) is 31.1 Å². The summed E-state index contributed by atoms with van der Waals surface area (Å²) in [6.07, 6.45) is 0.0124. The van der Waals surface area contributed by atoms with E-state index in [1.165, 1.54) is 6.92 Å². The Hall–Kier alpha value is -1.92. The monoisotopic (exact) mass is 328 g/mol.